The molecule has 0 amide bonds. The summed E-state index contributed by atoms with van der Waals surface area (Å²) in [7, 11) is 0. The van der Waals surface area contributed by atoms with Gasteiger partial charge in [0.1, 0.15) is 0 Å². The minimum atomic E-state index is -0.291. The molecule has 2 aromatic heterocycles. The zero-order chi connectivity index (χ0) is 21.3. The predicted octanol–water partition coefficient (Wildman–Crippen LogP) is 6.90. The van der Waals surface area contributed by atoms with Gasteiger partial charge >= 0.3 is 0 Å². The van der Waals surface area contributed by atoms with E-state index in [1.807, 2.05) is 60.8 Å². The second-order valence-electron chi connectivity index (χ2n) is 6.68. The third-order valence-corrected chi connectivity index (χ3v) is 4.58. The van der Waals surface area contributed by atoms with Crippen molar-refractivity contribution in [2.75, 3.05) is 0 Å². The molecule has 0 bridgehead atoms. The van der Waals surface area contributed by atoms with Crippen LogP contribution in [0.2, 0.25) is 0 Å². The summed E-state index contributed by atoms with van der Waals surface area (Å²) in [5.41, 5.74) is 5.39. The summed E-state index contributed by atoms with van der Waals surface area (Å²) in [6, 6.07) is 38.4. The van der Waals surface area contributed by atoms with Crippen molar-refractivity contribution >= 4 is 0 Å². The molecule has 2 heterocycles. The normalized spacial score (nSPS) is 9.78. The van der Waals surface area contributed by atoms with E-state index < -0.39 is 0 Å². The van der Waals surface area contributed by atoms with E-state index in [-0.39, 0.29) is 25.9 Å². The smallest absolute Gasteiger partial charge is 0.0380 e. The van der Waals surface area contributed by atoms with Gasteiger partial charge < -0.3 is 9.97 Å². The minimum absolute atomic E-state index is 0. The van der Waals surface area contributed by atoms with Crippen LogP contribution < -0.4 is 0 Å². The first-order valence-corrected chi connectivity index (χ1v) is 9.87. The summed E-state index contributed by atoms with van der Waals surface area (Å²) in [6.07, 6.45) is 3.48. The van der Waals surface area contributed by atoms with E-state index in [0.29, 0.717) is 11.3 Å². The molecule has 0 atom stereocenters. The largest absolute Gasteiger partial charge is 0.305 e. The van der Waals surface area contributed by atoms with Crippen LogP contribution >= 0.6 is 0 Å². The minimum Gasteiger partial charge on any atom is -0.305 e. The molecular formula is C28H19FIrN2-2. The molecule has 3 aromatic carbocycles. The summed E-state index contributed by atoms with van der Waals surface area (Å²) in [5.74, 6) is -0.291. The molecule has 5 aromatic rings. The summed E-state index contributed by atoms with van der Waals surface area (Å²) in [4.78, 5) is 8.44. The molecule has 0 saturated heterocycles. The van der Waals surface area contributed by atoms with Gasteiger partial charge in [0.15, 0.2) is 0 Å². The van der Waals surface area contributed by atoms with Crippen molar-refractivity contribution in [1.82, 2.24) is 9.97 Å². The van der Waals surface area contributed by atoms with Crippen LogP contribution in [0.5, 0.6) is 0 Å². The van der Waals surface area contributed by atoms with Gasteiger partial charge in [-0.15, -0.1) is 60.2 Å². The van der Waals surface area contributed by atoms with Crippen LogP contribution in [0.4, 0.5) is 4.39 Å². The van der Waals surface area contributed by atoms with Crippen molar-refractivity contribution in [1.29, 1.82) is 0 Å². The molecule has 0 spiro atoms. The number of hydrogen-bond acceptors (Lipinski definition) is 2. The average molecular weight is 595 g/mol. The number of benzene rings is 3. The third-order valence-electron chi connectivity index (χ3n) is 4.58. The Hall–Kier alpha value is -3.46. The first-order chi connectivity index (χ1) is 15.3. The number of pyridine rings is 2. The van der Waals surface area contributed by atoms with Gasteiger partial charge in [-0.1, -0.05) is 54.1 Å². The molecule has 4 heteroatoms. The Morgan fingerprint density at radius 2 is 1.34 bits per heavy atom. The van der Waals surface area contributed by atoms with E-state index in [4.69, 9.17) is 0 Å². The molecule has 2 nitrogen and oxygen atoms in total. The molecule has 0 aliphatic heterocycles. The first kappa shape index (κ1) is 23.2. The first-order valence-electron chi connectivity index (χ1n) is 9.87. The van der Waals surface area contributed by atoms with Gasteiger partial charge in [0.05, 0.1) is 0 Å². The van der Waals surface area contributed by atoms with Crippen LogP contribution in [0.3, 0.4) is 0 Å². The molecule has 0 fully saturated rings. The molecule has 1 radical (unpaired) electrons. The number of hydrogen-bond donors (Lipinski definition) is 0. The second-order valence-corrected chi connectivity index (χ2v) is 6.68. The summed E-state index contributed by atoms with van der Waals surface area (Å²) in [6.45, 7) is 0. The van der Waals surface area contributed by atoms with Crippen molar-refractivity contribution in [3.8, 4) is 33.6 Å². The van der Waals surface area contributed by atoms with Crippen molar-refractivity contribution in [3.05, 3.63) is 133 Å². The van der Waals surface area contributed by atoms with E-state index in [0.717, 1.165) is 11.3 Å². The summed E-state index contributed by atoms with van der Waals surface area (Å²) < 4.78 is 13.2. The van der Waals surface area contributed by atoms with E-state index >= 15 is 0 Å². The van der Waals surface area contributed by atoms with Crippen LogP contribution in [0, 0.1) is 17.9 Å². The Balaban J connectivity index is 0.000000184. The van der Waals surface area contributed by atoms with Gasteiger partial charge in [0, 0.05) is 38.3 Å². The summed E-state index contributed by atoms with van der Waals surface area (Å²) in [5, 5.41) is 0. The average Bonchev–Trinajstić information content (AvgIpc) is 2.86. The van der Waals surface area contributed by atoms with Gasteiger partial charge in [0.2, 0.25) is 0 Å². The van der Waals surface area contributed by atoms with E-state index in [1.165, 1.54) is 17.2 Å². The number of rotatable bonds is 3. The maximum Gasteiger partial charge on any atom is 0.0380 e. The molecule has 0 unspecified atom stereocenters. The van der Waals surface area contributed by atoms with Crippen LogP contribution in [0.1, 0.15) is 0 Å². The molecular weight excluding hydrogens is 576 g/mol. The fourth-order valence-corrected chi connectivity index (χ4v) is 3.06. The Morgan fingerprint density at radius 1 is 0.594 bits per heavy atom. The summed E-state index contributed by atoms with van der Waals surface area (Å²) >= 11 is 0. The van der Waals surface area contributed by atoms with Crippen molar-refractivity contribution in [2.45, 2.75) is 0 Å². The molecule has 159 valence electrons. The molecule has 0 N–H and O–H groups in total. The Bertz CT molecular complexity index is 1180. The number of halogens is 1. The van der Waals surface area contributed by atoms with Crippen molar-refractivity contribution in [2.24, 2.45) is 0 Å². The Morgan fingerprint density at radius 3 is 2.06 bits per heavy atom. The standard InChI is InChI=1S/C17H12N.C11H7FN.Ir/c1-3-7-14(8-4-1)16-11-12-18-17(13-16)15-9-5-2-6-10-15;12-10-6-2-1-5-9(10)11-7-3-4-8-13-11;/h1-9,11-13H;1-4,6-8H;/q2*-1;. The van der Waals surface area contributed by atoms with Gasteiger partial charge in [-0.2, -0.15) is 0 Å². The van der Waals surface area contributed by atoms with Gasteiger partial charge in [-0.3, -0.25) is 4.39 Å². The van der Waals surface area contributed by atoms with E-state index in [9.17, 15) is 4.39 Å². The maximum absolute atomic E-state index is 13.2. The number of aromatic nitrogens is 2. The van der Waals surface area contributed by atoms with Crippen LogP contribution in [0.25, 0.3) is 33.6 Å². The zero-order valence-corrected chi connectivity index (χ0v) is 19.5. The van der Waals surface area contributed by atoms with E-state index in [2.05, 4.69) is 40.3 Å². The van der Waals surface area contributed by atoms with Crippen LogP contribution in [-0.4, -0.2) is 9.97 Å². The van der Waals surface area contributed by atoms with Gasteiger partial charge in [-0.25, -0.2) is 0 Å². The molecule has 0 aliphatic carbocycles. The van der Waals surface area contributed by atoms with Crippen LogP contribution in [-0.2, 0) is 20.1 Å². The zero-order valence-electron chi connectivity index (χ0n) is 17.1. The molecule has 5 rings (SSSR count). The topological polar surface area (TPSA) is 25.8 Å². The van der Waals surface area contributed by atoms with Crippen molar-refractivity contribution < 1.29 is 24.5 Å². The van der Waals surface area contributed by atoms with Crippen molar-refractivity contribution in [3.63, 3.8) is 0 Å². The predicted molar refractivity (Wildman–Crippen MR) is 122 cm³/mol. The Labute approximate surface area is 201 Å². The molecule has 32 heavy (non-hydrogen) atoms. The van der Waals surface area contributed by atoms with Gasteiger partial charge in [-0.05, 0) is 34.6 Å². The fraction of sp³-hybridized carbons (Fsp3) is 0. The molecule has 0 saturated carbocycles. The number of nitrogens with zero attached hydrogens (tertiary/aromatic N) is 2. The Kier molecular flexibility index (Phi) is 8.56. The SMILES string of the molecule is Fc1ccc[c-]c1-c1ccccn1.[Ir].[c-]1ccccc1-c1cc(-c2ccccc2)ccn1. The second kappa shape index (κ2) is 11.8. The monoisotopic (exact) mass is 595 g/mol. The molecule has 0 aliphatic rings. The quantitative estimate of drug-likeness (QED) is 0.213. The third kappa shape index (κ3) is 6.04. The fourth-order valence-electron chi connectivity index (χ4n) is 3.06. The van der Waals surface area contributed by atoms with Crippen LogP contribution in [0.15, 0.2) is 116 Å². The van der Waals surface area contributed by atoms with Gasteiger partial charge in [0.25, 0.3) is 0 Å². The maximum atomic E-state index is 13.2. The van der Waals surface area contributed by atoms with E-state index in [1.54, 1.807) is 30.5 Å².